The number of aliphatic hydroxyl groups excluding tert-OH is 1. The fourth-order valence-corrected chi connectivity index (χ4v) is 5.15. The Morgan fingerprint density at radius 3 is 2.26 bits per heavy atom. The van der Waals surface area contributed by atoms with Crippen molar-refractivity contribution in [3.8, 4) is 0 Å². The molecule has 0 spiro atoms. The Balaban J connectivity index is 1.34. The molecule has 1 fully saturated rings. The van der Waals surface area contributed by atoms with E-state index in [4.69, 9.17) is 0 Å². The van der Waals surface area contributed by atoms with Gasteiger partial charge in [0.25, 0.3) is 0 Å². The quantitative estimate of drug-likeness (QED) is 0.408. The number of aryl methyl sites for hydroxylation is 1. The lowest BCUT2D eigenvalue weighted by atomic mass is 9.81. The maximum Gasteiger partial charge on any atom is 0.240 e. The molecule has 1 aliphatic carbocycles. The smallest absolute Gasteiger partial charge is 0.240 e. The average Bonchev–Trinajstić information content (AvgIpc) is 2.85. The van der Waals surface area contributed by atoms with Gasteiger partial charge in [-0.1, -0.05) is 48.0 Å². The highest BCUT2D eigenvalue weighted by atomic mass is 32.2. The highest BCUT2D eigenvalue weighted by Gasteiger charge is 2.27. The number of aliphatic hydroxyl groups is 1. The molecule has 0 heterocycles. The Morgan fingerprint density at radius 2 is 1.62 bits per heavy atom. The van der Waals surface area contributed by atoms with Gasteiger partial charge in [-0.25, -0.2) is 13.1 Å². The van der Waals surface area contributed by atoms with E-state index in [2.05, 4.69) is 15.4 Å². The van der Waals surface area contributed by atoms with Crippen LogP contribution in [-0.4, -0.2) is 45.0 Å². The number of rotatable bonds is 10. The van der Waals surface area contributed by atoms with Gasteiger partial charge in [-0.2, -0.15) is 0 Å². The number of amides is 2. The van der Waals surface area contributed by atoms with Crippen LogP contribution in [0.15, 0.2) is 59.5 Å². The van der Waals surface area contributed by atoms with Gasteiger partial charge in [-0.15, -0.1) is 0 Å². The monoisotopic (exact) mass is 487 g/mol. The molecule has 0 unspecified atom stereocenters. The minimum Gasteiger partial charge on any atom is -0.387 e. The van der Waals surface area contributed by atoms with E-state index in [1.54, 1.807) is 36.4 Å². The highest BCUT2D eigenvalue weighted by molar-refractivity contribution is 7.89. The second-order valence-electron chi connectivity index (χ2n) is 8.83. The van der Waals surface area contributed by atoms with Crippen molar-refractivity contribution >= 4 is 21.8 Å². The largest absolute Gasteiger partial charge is 0.387 e. The third kappa shape index (κ3) is 7.65. The van der Waals surface area contributed by atoms with Crippen molar-refractivity contribution in [1.29, 1.82) is 0 Å². The molecular weight excluding hydrogens is 454 g/mol. The average molecular weight is 488 g/mol. The van der Waals surface area contributed by atoms with Crippen LogP contribution in [0.5, 0.6) is 0 Å². The van der Waals surface area contributed by atoms with Gasteiger partial charge in [-0.3, -0.25) is 9.59 Å². The lowest BCUT2D eigenvalue weighted by molar-refractivity contribution is -0.129. The molecule has 8 nitrogen and oxygen atoms in total. The van der Waals surface area contributed by atoms with Gasteiger partial charge >= 0.3 is 0 Å². The van der Waals surface area contributed by atoms with E-state index >= 15 is 0 Å². The Morgan fingerprint density at radius 1 is 0.971 bits per heavy atom. The van der Waals surface area contributed by atoms with Gasteiger partial charge < -0.3 is 15.7 Å². The zero-order valence-corrected chi connectivity index (χ0v) is 20.2. The molecule has 1 aliphatic rings. The van der Waals surface area contributed by atoms with E-state index in [9.17, 15) is 23.1 Å². The molecule has 1 atom stereocenters. The zero-order valence-electron chi connectivity index (χ0n) is 19.4. The summed E-state index contributed by atoms with van der Waals surface area (Å²) in [4.78, 5) is 24.7. The van der Waals surface area contributed by atoms with Crippen molar-refractivity contribution in [3.05, 3.63) is 65.7 Å². The van der Waals surface area contributed by atoms with Crippen LogP contribution in [0.4, 0.5) is 0 Å². The molecule has 0 saturated heterocycles. The minimum atomic E-state index is -3.55. The second kappa shape index (κ2) is 12.1. The van der Waals surface area contributed by atoms with Gasteiger partial charge in [0.2, 0.25) is 21.8 Å². The van der Waals surface area contributed by atoms with Crippen molar-refractivity contribution in [1.82, 2.24) is 15.4 Å². The van der Waals surface area contributed by atoms with Crippen molar-refractivity contribution < 1.29 is 23.1 Å². The van der Waals surface area contributed by atoms with Crippen molar-refractivity contribution in [2.24, 2.45) is 11.8 Å². The standard InChI is InChI=1S/C25H33N3O5S/c1-18-7-13-22(14-8-18)34(32,33)28-15-19-9-11-21(12-10-19)25(31)27-17-24(30)26-16-23(29)20-5-3-2-4-6-20/h2-8,13-14,19,21,23,28-29H,9-12,15-17H2,1H3,(H,26,30)(H,27,31)/t19?,21?,23-/m1/s1. The molecule has 0 aliphatic heterocycles. The molecule has 2 aromatic rings. The number of carbonyl (C=O) groups excluding carboxylic acids is 2. The number of carbonyl (C=O) groups is 2. The molecule has 4 N–H and O–H groups in total. The van der Waals surface area contributed by atoms with E-state index in [1.165, 1.54) is 0 Å². The summed E-state index contributed by atoms with van der Waals surface area (Å²) < 4.78 is 27.6. The van der Waals surface area contributed by atoms with Crippen LogP contribution in [-0.2, 0) is 19.6 Å². The number of hydrogen-bond acceptors (Lipinski definition) is 5. The lowest BCUT2D eigenvalue weighted by Crippen LogP contribution is -2.42. The van der Waals surface area contributed by atoms with Crippen LogP contribution in [0.3, 0.4) is 0 Å². The summed E-state index contributed by atoms with van der Waals surface area (Å²) in [5.41, 5.74) is 1.71. The van der Waals surface area contributed by atoms with Gasteiger partial charge in [0.05, 0.1) is 17.5 Å². The predicted octanol–water partition coefficient (Wildman–Crippen LogP) is 2.05. The number of benzene rings is 2. The van der Waals surface area contributed by atoms with Gasteiger partial charge in [-0.05, 0) is 56.2 Å². The molecule has 0 radical (unpaired) electrons. The normalized spacial score (nSPS) is 19.2. The topological polar surface area (TPSA) is 125 Å². The Hall–Kier alpha value is -2.75. The van der Waals surface area contributed by atoms with Crippen molar-refractivity contribution in [2.75, 3.05) is 19.6 Å². The van der Waals surface area contributed by atoms with E-state index in [0.29, 0.717) is 24.9 Å². The van der Waals surface area contributed by atoms with E-state index < -0.39 is 16.1 Å². The third-order valence-corrected chi connectivity index (χ3v) is 7.65. The number of nitrogens with one attached hydrogen (secondary N) is 3. The van der Waals surface area contributed by atoms with Crippen LogP contribution in [0.2, 0.25) is 0 Å². The third-order valence-electron chi connectivity index (χ3n) is 6.21. The molecular formula is C25H33N3O5S. The molecule has 2 amide bonds. The maximum absolute atomic E-state index is 12.5. The maximum atomic E-state index is 12.5. The summed E-state index contributed by atoms with van der Waals surface area (Å²) in [6.07, 6.45) is 1.97. The molecule has 0 aromatic heterocycles. The first-order valence-electron chi connectivity index (χ1n) is 11.6. The Bertz CT molecular complexity index is 1050. The summed E-state index contributed by atoms with van der Waals surface area (Å²) in [6.45, 7) is 2.18. The van der Waals surface area contributed by atoms with Crippen LogP contribution in [0.1, 0.15) is 42.9 Å². The summed E-state index contributed by atoms with van der Waals surface area (Å²) in [5, 5.41) is 15.4. The van der Waals surface area contributed by atoms with Gasteiger partial charge in [0.15, 0.2) is 0 Å². The molecule has 3 rings (SSSR count). The van der Waals surface area contributed by atoms with Gasteiger partial charge in [0, 0.05) is 19.0 Å². The first kappa shape index (κ1) is 25.9. The van der Waals surface area contributed by atoms with Crippen LogP contribution < -0.4 is 15.4 Å². The Kier molecular flexibility index (Phi) is 9.20. The Labute approximate surface area is 201 Å². The SMILES string of the molecule is Cc1ccc(S(=O)(=O)NCC2CCC(C(=O)NCC(=O)NC[C@@H](O)c3ccccc3)CC2)cc1. The van der Waals surface area contributed by atoms with E-state index in [1.807, 2.05) is 25.1 Å². The van der Waals surface area contributed by atoms with E-state index in [0.717, 1.165) is 18.4 Å². The van der Waals surface area contributed by atoms with Crippen molar-refractivity contribution in [2.45, 2.75) is 43.6 Å². The molecule has 34 heavy (non-hydrogen) atoms. The first-order chi connectivity index (χ1) is 16.2. The minimum absolute atomic E-state index is 0.0717. The molecule has 1 saturated carbocycles. The second-order valence-corrected chi connectivity index (χ2v) is 10.6. The first-order valence-corrected chi connectivity index (χ1v) is 13.1. The summed E-state index contributed by atoms with van der Waals surface area (Å²) in [6, 6.07) is 15.8. The zero-order chi connectivity index (χ0) is 24.6. The van der Waals surface area contributed by atoms with E-state index in [-0.39, 0.29) is 41.6 Å². The fraction of sp³-hybridized carbons (Fsp3) is 0.440. The summed E-state index contributed by atoms with van der Waals surface area (Å²) in [5.74, 6) is -0.542. The number of sulfonamides is 1. The van der Waals surface area contributed by atoms with Gasteiger partial charge in [0.1, 0.15) is 0 Å². The molecule has 2 aromatic carbocycles. The lowest BCUT2D eigenvalue weighted by Gasteiger charge is -2.27. The summed E-state index contributed by atoms with van der Waals surface area (Å²) in [7, 11) is -3.55. The van der Waals surface area contributed by atoms with Crippen molar-refractivity contribution in [3.63, 3.8) is 0 Å². The van der Waals surface area contributed by atoms with Crippen LogP contribution in [0, 0.1) is 18.8 Å². The molecule has 184 valence electrons. The number of hydrogen-bond donors (Lipinski definition) is 4. The van der Waals surface area contributed by atoms with Crippen LogP contribution >= 0.6 is 0 Å². The van der Waals surface area contributed by atoms with Crippen LogP contribution in [0.25, 0.3) is 0 Å². The predicted molar refractivity (Wildman–Crippen MR) is 129 cm³/mol. The highest BCUT2D eigenvalue weighted by Crippen LogP contribution is 2.28. The summed E-state index contributed by atoms with van der Waals surface area (Å²) >= 11 is 0. The molecule has 0 bridgehead atoms. The fourth-order valence-electron chi connectivity index (χ4n) is 4.03. The molecule has 9 heteroatoms.